The van der Waals surface area contributed by atoms with Gasteiger partial charge in [0.2, 0.25) is 0 Å². The third-order valence-corrected chi connectivity index (χ3v) is 6.69. The first kappa shape index (κ1) is 16.7. The summed E-state index contributed by atoms with van der Waals surface area (Å²) in [4.78, 5) is 0. The van der Waals surface area contributed by atoms with E-state index in [9.17, 15) is 5.11 Å². The molecule has 0 spiro atoms. The highest BCUT2D eigenvalue weighted by atomic mass is 79.9. The quantitative estimate of drug-likeness (QED) is 0.544. The molecule has 0 radical (unpaired) electrons. The van der Waals surface area contributed by atoms with E-state index >= 15 is 0 Å². The highest BCUT2D eigenvalue weighted by Gasteiger charge is 2.47. The molecule has 0 atom stereocenters. The molecule has 2 heteroatoms. The van der Waals surface area contributed by atoms with Crippen LogP contribution >= 0.6 is 15.9 Å². The molecule has 2 aliphatic rings. The van der Waals surface area contributed by atoms with Crippen molar-refractivity contribution in [1.82, 2.24) is 0 Å². The summed E-state index contributed by atoms with van der Waals surface area (Å²) in [5.41, 5.74) is 0.593. The predicted octanol–water partition coefficient (Wildman–Crippen LogP) is 5.53. The second-order valence-corrected chi connectivity index (χ2v) is 8.23. The van der Waals surface area contributed by atoms with Gasteiger partial charge in [0.25, 0.3) is 0 Å². The van der Waals surface area contributed by atoms with Crippen LogP contribution in [0.4, 0.5) is 0 Å². The molecular weight excluding hydrogens is 348 g/mol. The van der Waals surface area contributed by atoms with Crippen molar-refractivity contribution in [3.8, 4) is 0 Å². The van der Waals surface area contributed by atoms with Crippen LogP contribution in [0.1, 0.15) is 43.6 Å². The molecule has 1 nitrogen and oxygen atoms in total. The van der Waals surface area contributed by atoms with Crippen molar-refractivity contribution < 1.29 is 5.11 Å². The molecule has 0 amide bonds. The molecule has 3 rings (SSSR count). The summed E-state index contributed by atoms with van der Waals surface area (Å²) in [6.45, 7) is 3.84. The zero-order chi connectivity index (χ0) is 16.3. The SMILES string of the molecule is C=CC[C@H]1CC[C@@](O)(C2(Br)C=CC(c3ccccc3)C=C2)CC1. The second kappa shape index (κ2) is 6.78. The van der Waals surface area contributed by atoms with E-state index in [4.69, 9.17) is 0 Å². The largest absolute Gasteiger partial charge is 0.388 e. The molecule has 0 bridgehead atoms. The number of aliphatic hydroxyl groups is 1. The molecule has 1 aromatic carbocycles. The van der Waals surface area contributed by atoms with Crippen molar-refractivity contribution in [3.05, 3.63) is 72.9 Å². The van der Waals surface area contributed by atoms with E-state index in [1.807, 2.05) is 12.1 Å². The van der Waals surface area contributed by atoms with Crippen LogP contribution in [0.25, 0.3) is 0 Å². The maximum Gasteiger partial charge on any atom is 0.0904 e. The van der Waals surface area contributed by atoms with Crippen LogP contribution in [0.5, 0.6) is 0 Å². The summed E-state index contributed by atoms with van der Waals surface area (Å²) in [5.74, 6) is 0.972. The Bertz CT molecular complexity index is 580. The summed E-state index contributed by atoms with van der Waals surface area (Å²) in [7, 11) is 0. The van der Waals surface area contributed by atoms with Gasteiger partial charge in [-0.25, -0.2) is 0 Å². The van der Waals surface area contributed by atoms with Gasteiger partial charge in [-0.15, -0.1) is 6.58 Å². The Morgan fingerprint density at radius 3 is 2.30 bits per heavy atom. The summed E-state index contributed by atoms with van der Waals surface area (Å²) in [6.07, 6.45) is 15.6. The maximum atomic E-state index is 11.2. The lowest BCUT2D eigenvalue weighted by atomic mass is 9.69. The van der Waals surface area contributed by atoms with Gasteiger partial charge < -0.3 is 5.11 Å². The molecule has 0 saturated heterocycles. The smallest absolute Gasteiger partial charge is 0.0904 e. The Morgan fingerprint density at radius 1 is 1.13 bits per heavy atom. The Labute approximate surface area is 147 Å². The van der Waals surface area contributed by atoms with Crippen molar-refractivity contribution >= 4 is 15.9 Å². The standard InChI is InChI=1S/C21H25BrO/c1-2-6-17-9-15-21(23,16-10-17)20(22)13-11-19(12-14-20)18-7-4-3-5-8-18/h2-5,7-8,11-14,17,19,23H,1,6,9-10,15-16H2/t17-,19?,20?,21-. The molecule has 1 aromatic rings. The zero-order valence-electron chi connectivity index (χ0n) is 13.5. The minimum Gasteiger partial charge on any atom is -0.388 e. The van der Waals surface area contributed by atoms with Crippen LogP contribution in [0.2, 0.25) is 0 Å². The average molecular weight is 373 g/mol. The Hall–Kier alpha value is -1.12. The lowest BCUT2D eigenvalue weighted by Crippen LogP contribution is -2.50. The molecule has 2 aliphatic carbocycles. The molecule has 122 valence electrons. The predicted molar refractivity (Wildman–Crippen MR) is 101 cm³/mol. The number of hydrogen-bond donors (Lipinski definition) is 1. The minimum atomic E-state index is -0.695. The van der Waals surface area contributed by atoms with Gasteiger partial charge in [0, 0.05) is 5.92 Å². The lowest BCUT2D eigenvalue weighted by Gasteiger charge is -2.45. The van der Waals surface area contributed by atoms with Gasteiger partial charge in [-0.05, 0) is 43.6 Å². The second-order valence-electron chi connectivity index (χ2n) is 6.92. The first-order valence-electron chi connectivity index (χ1n) is 8.52. The zero-order valence-corrected chi connectivity index (χ0v) is 15.1. The van der Waals surface area contributed by atoms with Gasteiger partial charge in [0.15, 0.2) is 0 Å². The van der Waals surface area contributed by atoms with Crippen molar-refractivity contribution in [2.24, 2.45) is 5.92 Å². The van der Waals surface area contributed by atoms with E-state index in [1.54, 1.807) is 0 Å². The number of benzene rings is 1. The molecular formula is C21H25BrO. The van der Waals surface area contributed by atoms with Crippen LogP contribution in [0.3, 0.4) is 0 Å². The molecule has 23 heavy (non-hydrogen) atoms. The normalized spacial score (nSPS) is 36.8. The van der Waals surface area contributed by atoms with E-state index in [1.165, 1.54) is 5.56 Å². The Kier molecular flexibility index (Phi) is 4.93. The molecule has 1 saturated carbocycles. The van der Waals surface area contributed by atoms with Gasteiger partial charge in [0.05, 0.1) is 9.93 Å². The van der Waals surface area contributed by atoms with E-state index in [0.29, 0.717) is 11.8 Å². The van der Waals surface area contributed by atoms with Crippen LogP contribution < -0.4 is 0 Å². The fraction of sp³-hybridized carbons (Fsp3) is 0.429. The third-order valence-electron chi connectivity index (χ3n) is 5.42. The molecule has 1 fully saturated rings. The molecule has 0 aliphatic heterocycles. The van der Waals surface area contributed by atoms with Crippen molar-refractivity contribution in [2.75, 3.05) is 0 Å². The van der Waals surface area contributed by atoms with Gasteiger partial charge in [-0.3, -0.25) is 0 Å². The average Bonchev–Trinajstić information content (AvgIpc) is 2.59. The molecule has 0 unspecified atom stereocenters. The van der Waals surface area contributed by atoms with Crippen LogP contribution in [-0.4, -0.2) is 15.0 Å². The van der Waals surface area contributed by atoms with Crippen LogP contribution in [0.15, 0.2) is 67.3 Å². The van der Waals surface area contributed by atoms with Gasteiger partial charge in [-0.2, -0.15) is 0 Å². The van der Waals surface area contributed by atoms with Crippen LogP contribution in [0, 0.1) is 5.92 Å². The number of hydrogen-bond acceptors (Lipinski definition) is 1. The van der Waals surface area contributed by atoms with E-state index in [-0.39, 0.29) is 0 Å². The van der Waals surface area contributed by atoms with Crippen molar-refractivity contribution in [2.45, 2.75) is 47.9 Å². The van der Waals surface area contributed by atoms with Gasteiger partial charge >= 0.3 is 0 Å². The summed E-state index contributed by atoms with van der Waals surface area (Å²) in [5, 5.41) is 11.2. The number of halogens is 1. The van der Waals surface area contributed by atoms with E-state index < -0.39 is 9.93 Å². The van der Waals surface area contributed by atoms with Crippen molar-refractivity contribution in [1.29, 1.82) is 0 Å². The number of alkyl halides is 1. The maximum absolute atomic E-state index is 11.2. The molecule has 0 heterocycles. The van der Waals surface area contributed by atoms with Gasteiger partial charge in [-0.1, -0.05) is 76.6 Å². The fourth-order valence-electron chi connectivity index (χ4n) is 3.82. The van der Waals surface area contributed by atoms with E-state index in [0.717, 1.165) is 32.1 Å². The highest BCUT2D eigenvalue weighted by molar-refractivity contribution is 9.10. The van der Waals surface area contributed by atoms with E-state index in [2.05, 4.69) is 71.1 Å². The van der Waals surface area contributed by atoms with Crippen molar-refractivity contribution in [3.63, 3.8) is 0 Å². The first-order chi connectivity index (χ1) is 11.1. The summed E-state index contributed by atoms with van der Waals surface area (Å²) < 4.78 is -0.440. The monoisotopic (exact) mass is 372 g/mol. The number of allylic oxidation sites excluding steroid dienone is 3. The molecule has 1 N–H and O–H groups in total. The summed E-state index contributed by atoms with van der Waals surface area (Å²) >= 11 is 3.83. The minimum absolute atomic E-state index is 0.294. The highest BCUT2D eigenvalue weighted by Crippen LogP contribution is 2.48. The Balaban J connectivity index is 1.72. The number of rotatable bonds is 4. The first-order valence-corrected chi connectivity index (χ1v) is 9.31. The third kappa shape index (κ3) is 3.39. The van der Waals surface area contributed by atoms with Gasteiger partial charge in [0.1, 0.15) is 0 Å². The summed E-state index contributed by atoms with van der Waals surface area (Å²) in [6, 6.07) is 10.5. The Morgan fingerprint density at radius 2 is 1.74 bits per heavy atom. The van der Waals surface area contributed by atoms with Crippen LogP contribution in [-0.2, 0) is 0 Å². The molecule has 0 aromatic heterocycles. The lowest BCUT2D eigenvalue weighted by molar-refractivity contribution is -0.0174. The topological polar surface area (TPSA) is 20.2 Å². The fourth-order valence-corrected chi connectivity index (χ4v) is 4.53.